The number of hydrogen-bond acceptors (Lipinski definition) is 17. The minimum absolute atomic E-state index is 0.00290. The highest BCUT2D eigenvalue weighted by atomic mass is 35.5. The summed E-state index contributed by atoms with van der Waals surface area (Å²) in [6, 6.07) is 0.846. The van der Waals surface area contributed by atoms with Crippen LogP contribution in [0, 0.1) is 5.92 Å². The van der Waals surface area contributed by atoms with Gasteiger partial charge in [-0.3, -0.25) is 24.1 Å². The number of oxime groups is 1. The standard InChI is InChI=1S/C32H32ClN9O11S2/c1-14(30(48)49)53-39-23(24-26(33)55-32(35)38-24)21(45)8-16-28(47)42-25(31(50)51)15(12-54-29(16)42)4-3-7-40-10-17(27(34)37-13-40)36-6-2-5-19(43)18-9-20(44)22(46)11-41(18)52/h3-4,9-11,13-14,16,29,34,36,52H,2,5-8,12H2,1H3,(H5,35,38,46,48,49,50,51)/p+1/b4-3+,39-23+/t14-,16+,29?/m0/s1. The van der Waals surface area contributed by atoms with Crippen LogP contribution in [0.25, 0.3) is 0 Å². The van der Waals surface area contributed by atoms with Crippen molar-refractivity contribution in [3.05, 3.63) is 74.2 Å². The molecule has 5 heterocycles. The van der Waals surface area contributed by atoms with Crippen LogP contribution in [-0.4, -0.2) is 99.0 Å². The Labute approximate surface area is 323 Å². The van der Waals surface area contributed by atoms with E-state index in [1.54, 1.807) is 22.9 Å². The molecule has 55 heavy (non-hydrogen) atoms. The van der Waals surface area contributed by atoms with E-state index in [0.717, 1.165) is 28.5 Å². The van der Waals surface area contributed by atoms with Gasteiger partial charge in [0.05, 0.1) is 17.5 Å². The fourth-order valence-electron chi connectivity index (χ4n) is 5.41. The summed E-state index contributed by atoms with van der Waals surface area (Å²) < 4.78 is 2.04. The predicted molar refractivity (Wildman–Crippen MR) is 197 cm³/mol. The van der Waals surface area contributed by atoms with E-state index in [0.29, 0.717) is 22.4 Å². The number of anilines is 3. The Bertz CT molecular complexity index is 2220. The Morgan fingerprint density at radius 1 is 1.25 bits per heavy atom. The Morgan fingerprint density at radius 3 is 2.67 bits per heavy atom. The predicted octanol–water partition coefficient (Wildman–Crippen LogP) is 1.10. The molecule has 2 aliphatic rings. The third-order valence-electron chi connectivity index (χ3n) is 8.20. The number of nitrogens with one attached hydrogen (secondary N) is 1. The minimum atomic E-state index is -1.42. The van der Waals surface area contributed by atoms with Gasteiger partial charge in [0.15, 0.2) is 28.2 Å². The number of aromatic nitrogens is 4. The zero-order chi connectivity index (χ0) is 40.1. The number of aliphatic carboxylic acids is 2. The van der Waals surface area contributed by atoms with Gasteiger partial charge in [-0.05, 0) is 30.0 Å². The van der Waals surface area contributed by atoms with E-state index in [1.165, 1.54) is 25.0 Å². The maximum absolute atomic E-state index is 13.4. The minimum Gasteiger partial charge on any atom is -0.503 e. The second kappa shape index (κ2) is 17.0. The van der Waals surface area contributed by atoms with E-state index in [4.69, 9.17) is 33.0 Å². The maximum Gasteiger partial charge on any atom is 0.352 e. The molecule has 9 N–H and O–H groups in total. The highest BCUT2D eigenvalue weighted by molar-refractivity contribution is 8.00. The van der Waals surface area contributed by atoms with Gasteiger partial charge >= 0.3 is 11.9 Å². The molecule has 0 radical (unpaired) electrons. The van der Waals surface area contributed by atoms with E-state index in [2.05, 4.69) is 20.4 Å². The number of amides is 1. The molecule has 1 saturated heterocycles. The first-order valence-corrected chi connectivity index (χ1v) is 18.4. The summed E-state index contributed by atoms with van der Waals surface area (Å²) in [5.74, 6) is -5.82. The lowest BCUT2D eigenvalue weighted by atomic mass is 9.89. The molecule has 1 amide bonds. The van der Waals surface area contributed by atoms with Crippen molar-refractivity contribution in [3.8, 4) is 5.75 Å². The fraction of sp³-hybridized carbons (Fsp3) is 0.312. The average Bonchev–Trinajstić information content (AvgIpc) is 3.47. The lowest BCUT2D eigenvalue weighted by Crippen LogP contribution is -2.62. The van der Waals surface area contributed by atoms with Gasteiger partial charge in [0.25, 0.3) is 12.1 Å². The molecule has 20 nitrogen and oxygen atoms in total. The number of allylic oxidation sites excluding steroid dienone is 2. The number of β-lactam (4-membered cyclic amide) rings is 1. The monoisotopic (exact) mass is 818 g/mol. The third-order valence-corrected chi connectivity index (χ3v) is 10.6. The first-order chi connectivity index (χ1) is 26.1. The van der Waals surface area contributed by atoms with Crippen LogP contribution >= 0.6 is 34.7 Å². The summed E-state index contributed by atoms with van der Waals surface area (Å²) >= 11 is 8.30. The van der Waals surface area contributed by atoms with Gasteiger partial charge in [0.2, 0.25) is 17.4 Å². The number of thioether (sulfide) groups is 1. The second-order valence-corrected chi connectivity index (χ2v) is 14.7. The van der Waals surface area contributed by atoms with Crippen LogP contribution in [0.4, 0.5) is 16.6 Å². The number of Topliss-reactive ketones (excluding diaryl/α,β-unsaturated/α-hetero) is 2. The van der Waals surface area contributed by atoms with Gasteiger partial charge < -0.3 is 42.1 Å². The Hall–Kier alpha value is -6.00. The number of nitrogens with two attached hydrogens (primary N) is 2. The molecule has 0 aromatic carbocycles. The average molecular weight is 819 g/mol. The number of ketones is 2. The summed E-state index contributed by atoms with van der Waals surface area (Å²) in [5.41, 5.74) is 10.6. The van der Waals surface area contributed by atoms with Crippen LogP contribution in [0.3, 0.4) is 0 Å². The quantitative estimate of drug-likeness (QED) is 0.0191. The van der Waals surface area contributed by atoms with Gasteiger partial charge in [-0.15, -0.1) is 11.8 Å². The Kier molecular flexibility index (Phi) is 12.4. The molecule has 23 heteroatoms. The first kappa shape index (κ1) is 40.2. The topological polar surface area (TPSA) is 307 Å². The van der Waals surface area contributed by atoms with E-state index in [9.17, 15) is 44.2 Å². The number of carbonyl (C=O) groups is 5. The number of halogens is 1. The number of carbonyl (C=O) groups excluding carboxylic acids is 3. The summed E-state index contributed by atoms with van der Waals surface area (Å²) in [6.45, 7) is 1.69. The van der Waals surface area contributed by atoms with Gasteiger partial charge in [-0.2, -0.15) is 4.73 Å². The molecule has 1 fully saturated rings. The summed E-state index contributed by atoms with van der Waals surface area (Å²) in [4.78, 5) is 88.7. The molecule has 0 bridgehead atoms. The summed E-state index contributed by atoms with van der Waals surface area (Å²) in [7, 11) is 0. The molecule has 3 aromatic rings. The highest BCUT2D eigenvalue weighted by Gasteiger charge is 2.54. The molecule has 5 rings (SSSR count). The molecule has 1 unspecified atom stereocenters. The van der Waals surface area contributed by atoms with Gasteiger partial charge in [-0.25, -0.2) is 19.1 Å². The molecule has 290 valence electrons. The van der Waals surface area contributed by atoms with Crippen molar-refractivity contribution in [1.82, 2.24) is 19.6 Å². The van der Waals surface area contributed by atoms with Crippen molar-refractivity contribution in [2.45, 2.75) is 44.2 Å². The van der Waals surface area contributed by atoms with Crippen LogP contribution in [-0.2, 0) is 30.6 Å². The fourth-order valence-corrected chi connectivity index (χ4v) is 7.73. The van der Waals surface area contributed by atoms with E-state index < -0.39 is 70.1 Å². The van der Waals surface area contributed by atoms with Gasteiger partial charge in [0.1, 0.15) is 39.9 Å². The number of thiazole rings is 1. The zero-order valence-electron chi connectivity index (χ0n) is 28.6. The molecule has 0 saturated carbocycles. The third kappa shape index (κ3) is 9.04. The van der Waals surface area contributed by atoms with E-state index >= 15 is 0 Å². The number of rotatable bonds is 17. The lowest BCUT2D eigenvalue weighted by Gasteiger charge is -2.49. The Balaban J connectivity index is 1.21. The van der Waals surface area contributed by atoms with Crippen molar-refractivity contribution in [2.24, 2.45) is 11.1 Å². The SMILES string of the molecule is C[C@H](O/N=C(\C(=O)C[C@@H]1C(=O)N2C(C(=O)O)=C(/C=C/C[n+]3cnc(N)c(NCCCC(=O)c4cc(=O)c(O)cn4O)c3)CSC12)c1nc(N)sc1Cl)C(=O)O. The molecule has 0 aliphatic carbocycles. The van der Waals surface area contributed by atoms with Crippen molar-refractivity contribution in [1.29, 1.82) is 0 Å². The molecule has 2 aliphatic heterocycles. The van der Waals surface area contributed by atoms with Crippen molar-refractivity contribution in [2.75, 3.05) is 29.1 Å². The largest absolute Gasteiger partial charge is 0.503 e. The number of nitrogens with zero attached hydrogens (tertiary/aromatic N) is 6. The van der Waals surface area contributed by atoms with Crippen LogP contribution < -0.4 is 26.8 Å². The van der Waals surface area contributed by atoms with E-state index in [-0.39, 0.29) is 57.6 Å². The van der Waals surface area contributed by atoms with Gasteiger partial charge in [-0.1, -0.05) is 34.2 Å². The Morgan fingerprint density at radius 2 is 2.00 bits per heavy atom. The maximum atomic E-state index is 13.4. The van der Waals surface area contributed by atoms with Crippen LogP contribution in [0.1, 0.15) is 42.4 Å². The summed E-state index contributed by atoms with van der Waals surface area (Å²) in [6.07, 6.45) is 5.51. The highest BCUT2D eigenvalue weighted by Crippen LogP contribution is 2.45. The molecule has 3 aromatic heterocycles. The lowest BCUT2D eigenvalue weighted by molar-refractivity contribution is -0.689. The second-order valence-electron chi connectivity index (χ2n) is 12.0. The first-order valence-electron chi connectivity index (χ1n) is 16.1. The summed E-state index contributed by atoms with van der Waals surface area (Å²) in [5, 5.41) is 44.5. The van der Waals surface area contributed by atoms with Gasteiger partial charge in [0, 0.05) is 31.2 Å². The zero-order valence-corrected chi connectivity index (χ0v) is 31.0. The van der Waals surface area contributed by atoms with Crippen molar-refractivity contribution >= 4 is 86.5 Å². The van der Waals surface area contributed by atoms with E-state index in [1.807, 2.05) is 0 Å². The van der Waals surface area contributed by atoms with Crippen molar-refractivity contribution < 1.29 is 53.9 Å². The van der Waals surface area contributed by atoms with Crippen LogP contribution in [0.2, 0.25) is 4.34 Å². The van der Waals surface area contributed by atoms with Crippen LogP contribution in [0.5, 0.6) is 5.75 Å². The number of carboxylic acids is 2. The number of nitrogen functional groups attached to an aromatic ring is 2. The normalized spacial score (nSPS) is 17.5. The molecule has 3 atom stereocenters. The van der Waals surface area contributed by atoms with Crippen molar-refractivity contribution in [3.63, 3.8) is 0 Å². The number of fused-ring (bicyclic) bond motifs is 1. The molecular weight excluding hydrogens is 786 g/mol. The molecule has 0 spiro atoms. The number of aromatic hydroxyl groups is 1. The smallest absolute Gasteiger partial charge is 0.352 e. The van der Waals surface area contributed by atoms with Crippen LogP contribution in [0.15, 0.2) is 58.2 Å². The number of pyridine rings is 1. The number of hydrogen-bond donors (Lipinski definition) is 7. The number of carboxylic acid groups (broad SMARTS) is 2. The molecular formula is C32H33ClN9O11S2+.